The van der Waals surface area contributed by atoms with Gasteiger partial charge in [-0.2, -0.15) is 0 Å². The fourth-order valence-corrected chi connectivity index (χ4v) is 4.22. The summed E-state index contributed by atoms with van der Waals surface area (Å²) in [5, 5.41) is 1.07. The molecule has 27 heavy (non-hydrogen) atoms. The molecule has 2 N–H and O–H groups in total. The highest BCUT2D eigenvalue weighted by atomic mass is 15.1. The fourth-order valence-electron chi connectivity index (χ4n) is 4.22. The Labute approximate surface area is 158 Å². The third-order valence-electron chi connectivity index (χ3n) is 5.88. The molecule has 0 bridgehead atoms. The molecule has 4 aromatic rings. The van der Waals surface area contributed by atoms with Gasteiger partial charge in [0.05, 0.1) is 0 Å². The average molecular weight is 354 g/mol. The summed E-state index contributed by atoms with van der Waals surface area (Å²) in [6, 6.07) is 19.1. The standard InChI is InChI=1S/C23H22N4/c1-16-21(17-6-3-2-4-7-17)20-14-25-15-26-22(20)27(16)19-10-8-18(9-11-19)23(24)12-5-13-23/h2-4,6-11,14-15H,5,12-13,24H2,1H3. The van der Waals surface area contributed by atoms with Crippen molar-refractivity contribution in [2.75, 3.05) is 0 Å². The van der Waals surface area contributed by atoms with Crippen molar-refractivity contribution in [3.8, 4) is 16.8 Å². The van der Waals surface area contributed by atoms with Crippen LogP contribution in [0.4, 0.5) is 0 Å². The molecule has 1 fully saturated rings. The van der Waals surface area contributed by atoms with E-state index in [1.165, 1.54) is 23.1 Å². The summed E-state index contributed by atoms with van der Waals surface area (Å²) in [6.45, 7) is 2.15. The summed E-state index contributed by atoms with van der Waals surface area (Å²) in [5.74, 6) is 0. The summed E-state index contributed by atoms with van der Waals surface area (Å²) < 4.78 is 2.22. The molecule has 0 unspecified atom stereocenters. The van der Waals surface area contributed by atoms with E-state index in [2.05, 4.69) is 70.0 Å². The molecule has 2 aromatic heterocycles. The van der Waals surface area contributed by atoms with Gasteiger partial charge in [0.2, 0.25) is 0 Å². The number of hydrogen-bond donors (Lipinski definition) is 1. The van der Waals surface area contributed by atoms with Crippen LogP contribution >= 0.6 is 0 Å². The fraction of sp³-hybridized carbons (Fsp3) is 0.217. The first-order valence-electron chi connectivity index (χ1n) is 9.44. The Morgan fingerprint density at radius 3 is 2.41 bits per heavy atom. The number of hydrogen-bond acceptors (Lipinski definition) is 3. The zero-order chi connectivity index (χ0) is 18.4. The van der Waals surface area contributed by atoms with Crippen LogP contribution in [0.1, 0.15) is 30.5 Å². The first kappa shape index (κ1) is 16.2. The molecular formula is C23H22N4. The Hall–Kier alpha value is -2.98. The zero-order valence-electron chi connectivity index (χ0n) is 15.4. The van der Waals surface area contributed by atoms with Crippen LogP contribution in [-0.4, -0.2) is 14.5 Å². The molecule has 0 radical (unpaired) electrons. The van der Waals surface area contributed by atoms with Crippen molar-refractivity contribution in [1.82, 2.24) is 14.5 Å². The van der Waals surface area contributed by atoms with Crippen molar-refractivity contribution in [1.29, 1.82) is 0 Å². The van der Waals surface area contributed by atoms with E-state index in [4.69, 9.17) is 5.73 Å². The molecule has 2 heterocycles. The van der Waals surface area contributed by atoms with Gasteiger partial charge in [-0.25, -0.2) is 9.97 Å². The summed E-state index contributed by atoms with van der Waals surface area (Å²) >= 11 is 0. The molecule has 0 aliphatic heterocycles. The molecule has 0 amide bonds. The van der Waals surface area contributed by atoms with Crippen LogP contribution in [0.15, 0.2) is 67.1 Å². The maximum Gasteiger partial charge on any atom is 0.148 e. The van der Waals surface area contributed by atoms with Crippen LogP contribution < -0.4 is 5.73 Å². The molecule has 0 atom stereocenters. The van der Waals surface area contributed by atoms with Crippen molar-refractivity contribution in [2.24, 2.45) is 5.73 Å². The van der Waals surface area contributed by atoms with E-state index >= 15 is 0 Å². The van der Waals surface area contributed by atoms with E-state index in [9.17, 15) is 0 Å². The smallest absolute Gasteiger partial charge is 0.148 e. The lowest BCUT2D eigenvalue weighted by atomic mass is 9.73. The average Bonchev–Trinajstić information content (AvgIpc) is 2.99. The molecule has 4 heteroatoms. The van der Waals surface area contributed by atoms with Gasteiger partial charge in [-0.05, 0) is 49.4 Å². The van der Waals surface area contributed by atoms with Gasteiger partial charge in [-0.15, -0.1) is 0 Å². The monoisotopic (exact) mass is 354 g/mol. The molecule has 2 aromatic carbocycles. The topological polar surface area (TPSA) is 56.7 Å². The highest BCUT2D eigenvalue weighted by Crippen LogP contribution is 2.39. The van der Waals surface area contributed by atoms with Gasteiger partial charge >= 0.3 is 0 Å². The highest BCUT2D eigenvalue weighted by molar-refractivity contribution is 5.96. The molecule has 5 rings (SSSR count). The third kappa shape index (κ3) is 2.48. The minimum atomic E-state index is -0.135. The van der Waals surface area contributed by atoms with Gasteiger partial charge in [0.1, 0.15) is 12.0 Å². The largest absolute Gasteiger partial charge is 0.321 e. The second-order valence-corrected chi connectivity index (χ2v) is 7.48. The second-order valence-electron chi connectivity index (χ2n) is 7.48. The lowest BCUT2D eigenvalue weighted by molar-refractivity contribution is 0.253. The summed E-state index contributed by atoms with van der Waals surface area (Å²) in [4.78, 5) is 8.86. The van der Waals surface area contributed by atoms with Crippen molar-refractivity contribution < 1.29 is 0 Å². The maximum atomic E-state index is 6.49. The van der Waals surface area contributed by atoms with E-state index in [-0.39, 0.29) is 5.54 Å². The molecule has 4 nitrogen and oxygen atoms in total. The third-order valence-corrected chi connectivity index (χ3v) is 5.88. The molecular weight excluding hydrogens is 332 g/mol. The van der Waals surface area contributed by atoms with Crippen LogP contribution in [0.3, 0.4) is 0 Å². The van der Waals surface area contributed by atoms with Crippen molar-refractivity contribution in [3.63, 3.8) is 0 Å². The van der Waals surface area contributed by atoms with Gasteiger partial charge in [0, 0.05) is 34.1 Å². The Kier molecular flexibility index (Phi) is 3.62. The van der Waals surface area contributed by atoms with Gasteiger partial charge in [0.25, 0.3) is 0 Å². The molecule has 134 valence electrons. The van der Waals surface area contributed by atoms with Crippen LogP contribution in [0.2, 0.25) is 0 Å². The quantitative estimate of drug-likeness (QED) is 0.578. The lowest BCUT2D eigenvalue weighted by Crippen LogP contribution is -2.43. The van der Waals surface area contributed by atoms with E-state index in [0.29, 0.717) is 0 Å². The van der Waals surface area contributed by atoms with E-state index in [0.717, 1.165) is 35.3 Å². The van der Waals surface area contributed by atoms with Crippen molar-refractivity contribution in [3.05, 3.63) is 78.4 Å². The Bertz CT molecular complexity index is 1110. The van der Waals surface area contributed by atoms with Crippen LogP contribution in [0.5, 0.6) is 0 Å². The molecule has 1 aliphatic carbocycles. The lowest BCUT2D eigenvalue weighted by Gasteiger charge is -2.38. The SMILES string of the molecule is Cc1c(-c2ccccc2)c2cncnc2n1-c1ccc(C2(N)CCC2)cc1. The zero-order valence-corrected chi connectivity index (χ0v) is 15.4. The van der Waals surface area contributed by atoms with E-state index < -0.39 is 0 Å². The second kappa shape index (κ2) is 6.03. The maximum absolute atomic E-state index is 6.49. The van der Waals surface area contributed by atoms with Gasteiger partial charge in [0.15, 0.2) is 0 Å². The summed E-state index contributed by atoms with van der Waals surface area (Å²) in [7, 11) is 0. The van der Waals surface area contributed by atoms with Gasteiger partial charge < -0.3 is 5.73 Å². The number of rotatable bonds is 3. The minimum Gasteiger partial charge on any atom is -0.321 e. The van der Waals surface area contributed by atoms with Crippen LogP contribution in [0, 0.1) is 6.92 Å². The highest BCUT2D eigenvalue weighted by Gasteiger charge is 2.34. The van der Waals surface area contributed by atoms with Gasteiger partial charge in [-0.1, -0.05) is 42.5 Å². The van der Waals surface area contributed by atoms with Crippen molar-refractivity contribution in [2.45, 2.75) is 31.7 Å². The Balaban J connectivity index is 1.69. The molecule has 1 saturated carbocycles. The number of aromatic nitrogens is 3. The van der Waals surface area contributed by atoms with Crippen LogP contribution in [-0.2, 0) is 5.54 Å². The van der Waals surface area contributed by atoms with E-state index in [1.54, 1.807) is 6.33 Å². The predicted octanol–water partition coefficient (Wildman–Crippen LogP) is 4.73. The normalized spacial score (nSPS) is 15.6. The number of nitrogens with two attached hydrogens (primary N) is 1. The Morgan fingerprint density at radius 2 is 1.74 bits per heavy atom. The molecule has 0 spiro atoms. The van der Waals surface area contributed by atoms with Gasteiger partial charge in [-0.3, -0.25) is 4.57 Å². The summed E-state index contributed by atoms with van der Waals surface area (Å²) in [6.07, 6.45) is 6.89. The number of fused-ring (bicyclic) bond motifs is 1. The summed E-state index contributed by atoms with van der Waals surface area (Å²) in [5.41, 5.74) is 13.1. The number of benzene rings is 2. The first-order valence-corrected chi connectivity index (χ1v) is 9.44. The molecule has 0 saturated heterocycles. The predicted molar refractivity (Wildman–Crippen MR) is 109 cm³/mol. The van der Waals surface area contributed by atoms with Crippen molar-refractivity contribution >= 4 is 11.0 Å². The first-order chi connectivity index (χ1) is 13.2. The Morgan fingerprint density at radius 1 is 1.00 bits per heavy atom. The number of nitrogens with zero attached hydrogens (tertiary/aromatic N) is 3. The molecule has 1 aliphatic rings. The van der Waals surface area contributed by atoms with E-state index in [1.807, 2.05) is 12.3 Å². The van der Waals surface area contributed by atoms with Crippen LogP contribution in [0.25, 0.3) is 27.8 Å². The minimum absolute atomic E-state index is 0.135.